The van der Waals surface area contributed by atoms with Gasteiger partial charge in [0.05, 0.1) is 28.4 Å². The Morgan fingerprint density at radius 1 is 1.15 bits per heavy atom. The fourth-order valence-corrected chi connectivity index (χ4v) is 3.24. The van der Waals surface area contributed by atoms with Gasteiger partial charge in [0.1, 0.15) is 18.8 Å². The molecule has 0 bridgehead atoms. The lowest BCUT2D eigenvalue weighted by Gasteiger charge is -2.10. The highest BCUT2D eigenvalue weighted by Gasteiger charge is 2.31. The Kier molecular flexibility index (Phi) is 4.30. The third-order valence-electron chi connectivity index (χ3n) is 4.51. The summed E-state index contributed by atoms with van der Waals surface area (Å²) in [5.41, 5.74) is 2.20. The van der Waals surface area contributed by atoms with Crippen molar-refractivity contribution in [2.45, 2.75) is 32.6 Å². The molecule has 0 saturated carbocycles. The molecule has 4 nitrogen and oxygen atoms in total. The predicted octanol–water partition coefficient (Wildman–Crippen LogP) is 5.57. The summed E-state index contributed by atoms with van der Waals surface area (Å²) in [5, 5.41) is 0. The minimum atomic E-state index is -4.40. The number of halogens is 3. The Hall–Kier alpha value is -2.96. The largest absolute Gasteiger partial charge is 0.472 e. The number of benzene rings is 1. The number of rotatable bonds is 5. The SMILES string of the molecule is CCCc1ccn(Cn2c(-c3ccoc3)nc3cc(C(F)(F)F)ccc32)c1. The van der Waals surface area contributed by atoms with Gasteiger partial charge >= 0.3 is 6.18 Å². The van der Waals surface area contributed by atoms with Gasteiger partial charge in [-0.3, -0.25) is 0 Å². The Morgan fingerprint density at radius 3 is 2.70 bits per heavy atom. The molecule has 0 N–H and O–H groups in total. The molecular formula is C20H18F3N3O. The van der Waals surface area contributed by atoms with E-state index in [0.717, 1.165) is 30.5 Å². The van der Waals surface area contributed by atoms with Crippen molar-refractivity contribution in [1.29, 1.82) is 0 Å². The van der Waals surface area contributed by atoms with Crippen molar-refractivity contribution in [3.05, 3.63) is 66.4 Å². The maximum absolute atomic E-state index is 13.1. The third kappa shape index (κ3) is 3.37. The van der Waals surface area contributed by atoms with Crippen LogP contribution in [0.5, 0.6) is 0 Å². The predicted molar refractivity (Wildman–Crippen MR) is 96.3 cm³/mol. The number of imidazole rings is 1. The second kappa shape index (κ2) is 6.64. The molecule has 0 amide bonds. The van der Waals surface area contributed by atoms with Gasteiger partial charge in [0.15, 0.2) is 0 Å². The van der Waals surface area contributed by atoms with Crippen molar-refractivity contribution in [2.75, 3.05) is 0 Å². The van der Waals surface area contributed by atoms with E-state index in [1.807, 2.05) is 15.3 Å². The molecule has 0 aliphatic rings. The molecular weight excluding hydrogens is 355 g/mol. The van der Waals surface area contributed by atoms with Crippen LogP contribution in [0.2, 0.25) is 0 Å². The Morgan fingerprint density at radius 2 is 2.00 bits per heavy atom. The van der Waals surface area contributed by atoms with Gasteiger partial charge in [0, 0.05) is 12.4 Å². The van der Waals surface area contributed by atoms with Gasteiger partial charge < -0.3 is 13.6 Å². The number of nitrogens with zero attached hydrogens (tertiary/aromatic N) is 3. The van der Waals surface area contributed by atoms with Crippen LogP contribution in [0, 0.1) is 0 Å². The molecule has 0 radical (unpaired) electrons. The van der Waals surface area contributed by atoms with Gasteiger partial charge in [-0.2, -0.15) is 13.2 Å². The van der Waals surface area contributed by atoms with E-state index in [4.69, 9.17) is 4.42 Å². The van der Waals surface area contributed by atoms with E-state index in [1.165, 1.54) is 17.9 Å². The van der Waals surface area contributed by atoms with E-state index in [0.29, 0.717) is 23.5 Å². The first-order valence-corrected chi connectivity index (χ1v) is 8.70. The first-order valence-electron chi connectivity index (χ1n) is 8.70. The quantitative estimate of drug-likeness (QED) is 0.458. The maximum atomic E-state index is 13.1. The lowest BCUT2D eigenvalue weighted by molar-refractivity contribution is -0.137. The monoisotopic (exact) mass is 373 g/mol. The van der Waals surface area contributed by atoms with Gasteiger partial charge in [-0.05, 0) is 42.3 Å². The van der Waals surface area contributed by atoms with Gasteiger partial charge in [0.2, 0.25) is 0 Å². The lowest BCUT2D eigenvalue weighted by Crippen LogP contribution is -2.08. The fourth-order valence-electron chi connectivity index (χ4n) is 3.24. The van der Waals surface area contributed by atoms with Crippen molar-refractivity contribution in [3.8, 4) is 11.4 Å². The van der Waals surface area contributed by atoms with Crippen LogP contribution in [-0.2, 0) is 19.3 Å². The lowest BCUT2D eigenvalue weighted by atomic mass is 10.2. The molecule has 7 heteroatoms. The number of alkyl halides is 3. The molecule has 4 aromatic rings. The molecule has 0 unspecified atom stereocenters. The van der Waals surface area contributed by atoms with Gasteiger partial charge in [-0.1, -0.05) is 13.3 Å². The molecule has 0 saturated heterocycles. The van der Waals surface area contributed by atoms with Crippen LogP contribution in [-0.4, -0.2) is 14.1 Å². The molecule has 0 aliphatic heterocycles. The number of aryl methyl sites for hydroxylation is 1. The van der Waals surface area contributed by atoms with Crippen molar-refractivity contribution >= 4 is 11.0 Å². The average molecular weight is 373 g/mol. The van der Waals surface area contributed by atoms with E-state index in [-0.39, 0.29) is 0 Å². The number of hydrogen-bond acceptors (Lipinski definition) is 2. The summed E-state index contributed by atoms with van der Waals surface area (Å²) in [7, 11) is 0. The standard InChI is InChI=1S/C20H18F3N3O/c1-2-3-14-6-8-25(11-14)13-26-18-5-4-16(20(21,22)23)10-17(18)24-19(26)15-7-9-27-12-15/h4-12H,2-3,13H2,1H3. The van der Waals surface area contributed by atoms with Crippen LogP contribution in [0.4, 0.5) is 13.2 Å². The van der Waals surface area contributed by atoms with Crippen molar-refractivity contribution in [3.63, 3.8) is 0 Å². The summed E-state index contributed by atoms with van der Waals surface area (Å²) in [6, 6.07) is 7.47. The molecule has 0 spiro atoms. The Bertz CT molecular complexity index is 1060. The zero-order valence-electron chi connectivity index (χ0n) is 14.7. The average Bonchev–Trinajstić information content (AvgIpc) is 3.35. The highest BCUT2D eigenvalue weighted by Crippen LogP contribution is 2.33. The van der Waals surface area contributed by atoms with E-state index in [2.05, 4.69) is 24.2 Å². The second-order valence-corrected chi connectivity index (χ2v) is 6.50. The first-order chi connectivity index (χ1) is 13.0. The van der Waals surface area contributed by atoms with Crippen LogP contribution in [0.3, 0.4) is 0 Å². The number of furan rings is 1. The molecule has 4 rings (SSSR count). The van der Waals surface area contributed by atoms with E-state index < -0.39 is 11.7 Å². The van der Waals surface area contributed by atoms with Gasteiger partial charge in [0.25, 0.3) is 0 Å². The highest BCUT2D eigenvalue weighted by molar-refractivity contribution is 5.81. The summed E-state index contributed by atoms with van der Waals surface area (Å²) in [6.07, 6.45) is 4.73. The molecule has 140 valence electrons. The van der Waals surface area contributed by atoms with E-state index in [1.54, 1.807) is 12.3 Å². The second-order valence-electron chi connectivity index (χ2n) is 6.50. The summed E-state index contributed by atoms with van der Waals surface area (Å²) in [5.74, 6) is 0.573. The van der Waals surface area contributed by atoms with E-state index in [9.17, 15) is 13.2 Å². The normalized spacial score (nSPS) is 12.1. The fraction of sp³-hybridized carbons (Fsp3) is 0.250. The van der Waals surface area contributed by atoms with E-state index >= 15 is 0 Å². The molecule has 0 atom stereocenters. The van der Waals surface area contributed by atoms with Crippen LogP contribution in [0.1, 0.15) is 24.5 Å². The molecule has 3 aromatic heterocycles. The number of fused-ring (bicyclic) bond motifs is 1. The molecule has 27 heavy (non-hydrogen) atoms. The van der Waals surface area contributed by atoms with Crippen LogP contribution in [0.25, 0.3) is 22.4 Å². The summed E-state index contributed by atoms with van der Waals surface area (Å²) in [6.45, 7) is 2.57. The zero-order valence-corrected chi connectivity index (χ0v) is 14.7. The first kappa shape index (κ1) is 17.5. The third-order valence-corrected chi connectivity index (χ3v) is 4.51. The van der Waals surface area contributed by atoms with Crippen LogP contribution in [0.15, 0.2) is 59.7 Å². The Labute approximate surface area is 153 Å². The molecule has 0 fully saturated rings. The highest BCUT2D eigenvalue weighted by atomic mass is 19.4. The minimum absolute atomic E-state index is 0.307. The van der Waals surface area contributed by atoms with Crippen LogP contribution < -0.4 is 0 Å². The van der Waals surface area contributed by atoms with Crippen LogP contribution >= 0.6 is 0 Å². The molecule has 3 heterocycles. The summed E-state index contributed by atoms with van der Waals surface area (Å²) in [4.78, 5) is 4.46. The zero-order chi connectivity index (χ0) is 19.0. The minimum Gasteiger partial charge on any atom is -0.472 e. The maximum Gasteiger partial charge on any atom is 0.416 e. The number of aromatic nitrogens is 3. The summed E-state index contributed by atoms with van der Waals surface area (Å²) < 4.78 is 48.2. The Balaban J connectivity index is 1.82. The number of hydrogen-bond donors (Lipinski definition) is 0. The van der Waals surface area contributed by atoms with Crippen molar-refractivity contribution in [1.82, 2.24) is 14.1 Å². The topological polar surface area (TPSA) is 35.9 Å². The van der Waals surface area contributed by atoms with Crippen molar-refractivity contribution in [2.24, 2.45) is 0 Å². The van der Waals surface area contributed by atoms with Gasteiger partial charge in [-0.25, -0.2) is 4.98 Å². The summed E-state index contributed by atoms with van der Waals surface area (Å²) >= 11 is 0. The molecule has 0 aliphatic carbocycles. The smallest absolute Gasteiger partial charge is 0.416 e. The van der Waals surface area contributed by atoms with Gasteiger partial charge in [-0.15, -0.1) is 0 Å². The van der Waals surface area contributed by atoms with Crippen molar-refractivity contribution < 1.29 is 17.6 Å². The molecule has 1 aromatic carbocycles.